The molecule has 3 rings (SSSR count). The number of nitrogens with two attached hydrogens (primary N) is 1. The minimum Gasteiger partial charge on any atom is -0.456 e. The summed E-state index contributed by atoms with van der Waals surface area (Å²) >= 11 is 0. The van der Waals surface area contributed by atoms with Gasteiger partial charge in [0.05, 0.1) is 0 Å². The van der Waals surface area contributed by atoms with Crippen molar-refractivity contribution in [1.29, 1.82) is 0 Å². The lowest BCUT2D eigenvalue weighted by molar-refractivity contribution is 0.669. The van der Waals surface area contributed by atoms with Crippen molar-refractivity contribution >= 4 is 21.9 Å². The normalized spacial score (nSPS) is 12.8. The fourth-order valence-electron chi connectivity index (χ4n) is 2.40. The number of furan rings is 1. The summed E-state index contributed by atoms with van der Waals surface area (Å²) < 4.78 is 5.83. The monoisotopic (exact) mass is 263 g/mol. The average Bonchev–Trinajstić information content (AvgIpc) is 2.83. The van der Waals surface area contributed by atoms with E-state index in [0.29, 0.717) is 0 Å². The van der Waals surface area contributed by atoms with Crippen LogP contribution in [0, 0.1) is 0 Å². The van der Waals surface area contributed by atoms with E-state index in [1.165, 1.54) is 21.9 Å². The summed E-state index contributed by atoms with van der Waals surface area (Å²) in [6, 6.07) is 14.5. The number of fused-ring (bicyclic) bond motifs is 3. The number of hydrogen-bond acceptors (Lipinski definition) is 2. The van der Waals surface area contributed by atoms with Gasteiger partial charge in [-0.2, -0.15) is 0 Å². The molecule has 0 saturated heterocycles. The van der Waals surface area contributed by atoms with Gasteiger partial charge in [-0.1, -0.05) is 35.9 Å². The van der Waals surface area contributed by atoms with E-state index < -0.39 is 0 Å². The van der Waals surface area contributed by atoms with E-state index >= 15 is 0 Å². The number of hydrogen-bond donors (Lipinski definition) is 1. The minimum atomic E-state index is 0.894. The van der Waals surface area contributed by atoms with Crippen molar-refractivity contribution in [1.82, 2.24) is 0 Å². The summed E-state index contributed by atoms with van der Waals surface area (Å²) in [7, 11) is 0. The molecule has 1 heterocycles. The lowest BCUT2D eigenvalue weighted by atomic mass is 10.1. The molecule has 0 spiro atoms. The van der Waals surface area contributed by atoms with Gasteiger partial charge in [0.1, 0.15) is 11.2 Å². The molecular formula is C18H17NO. The van der Waals surface area contributed by atoms with E-state index in [1.54, 1.807) is 6.20 Å². The Labute approximate surface area is 118 Å². The Hall–Kier alpha value is -2.48. The summed E-state index contributed by atoms with van der Waals surface area (Å²) in [5.74, 6) is 0. The van der Waals surface area contributed by atoms with Crippen molar-refractivity contribution in [2.24, 2.45) is 5.73 Å². The summed E-state index contributed by atoms with van der Waals surface area (Å²) in [5, 5.41) is 2.35. The molecule has 0 radical (unpaired) electrons. The molecule has 0 aliphatic heterocycles. The fraction of sp³-hybridized carbons (Fsp3) is 0.111. The van der Waals surface area contributed by atoms with E-state index in [-0.39, 0.29) is 0 Å². The van der Waals surface area contributed by atoms with E-state index in [4.69, 9.17) is 10.2 Å². The molecule has 0 aliphatic rings. The summed E-state index contributed by atoms with van der Waals surface area (Å²) in [6.45, 7) is 2.05. The van der Waals surface area contributed by atoms with Crippen molar-refractivity contribution < 1.29 is 4.42 Å². The molecular weight excluding hydrogens is 246 g/mol. The quantitative estimate of drug-likeness (QED) is 0.704. The zero-order valence-electron chi connectivity index (χ0n) is 11.5. The molecule has 2 heteroatoms. The van der Waals surface area contributed by atoms with Crippen LogP contribution in [0.25, 0.3) is 21.9 Å². The van der Waals surface area contributed by atoms with Crippen LogP contribution < -0.4 is 5.73 Å². The van der Waals surface area contributed by atoms with E-state index in [1.807, 2.05) is 30.3 Å². The van der Waals surface area contributed by atoms with Crippen LogP contribution in [0.15, 0.2) is 70.8 Å². The van der Waals surface area contributed by atoms with Crippen LogP contribution in [0.4, 0.5) is 0 Å². The first-order valence-corrected chi connectivity index (χ1v) is 6.73. The second kappa shape index (κ2) is 5.25. The van der Waals surface area contributed by atoms with Crippen molar-refractivity contribution in [2.75, 3.05) is 0 Å². The van der Waals surface area contributed by atoms with E-state index in [2.05, 4.69) is 31.2 Å². The fourth-order valence-corrected chi connectivity index (χ4v) is 2.40. The van der Waals surface area contributed by atoms with Crippen LogP contribution in [0.5, 0.6) is 0 Å². The molecule has 0 atom stereocenters. The summed E-state index contributed by atoms with van der Waals surface area (Å²) in [6.07, 6.45) is 6.54. The Kier molecular flexibility index (Phi) is 3.30. The molecule has 0 aliphatic carbocycles. The Morgan fingerprint density at radius 3 is 2.75 bits per heavy atom. The second-order valence-corrected chi connectivity index (χ2v) is 4.94. The molecule has 2 nitrogen and oxygen atoms in total. The number of benzene rings is 2. The topological polar surface area (TPSA) is 39.2 Å². The van der Waals surface area contributed by atoms with Gasteiger partial charge in [0.15, 0.2) is 0 Å². The highest BCUT2D eigenvalue weighted by Crippen LogP contribution is 2.29. The third kappa shape index (κ3) is 2.32. The van der Waals surface area contributed by atoms with Crippen LogP contribution in [0.3, 0.4) is 0 Å². The third-order valence-electron chi connectivity index (χ3n) is 3.46. The number of allylic oxidation sites excluding steroid dienone is 3. The molecule has 0 bridgehead atoms. The van der Waals surface area contributed by atoms with Crippen LogP contribution in [0.2, 0.25) is 0 Å². The lowest BCUT2D eigenvalue weighted by Gasteiger charge is -1.98. The molecule has 0 saturated carbocycles. The van der Waals surface area contributed by atoms with Crippen molar-refractivity contribution in [2.45, 2.75) is 13.3 Å². The smallest absolute Gasteiger partial charge is 0.135 e. The standard InChI is InChI=1S/C18H17NO/c1-13(10-11-19)6-7-14-8-9-18-16(12-14)15-4-2-3-5-17(15)20-18/h2-6,8-12H,7,19H2,1H3/b11-10-,13-6-. The van der Waals surface area contributed by atoms with Gasteiger partial charge < -0.3 is 10.2 Å². The molecule has 0 unspecified atom stereocenters. The first kappa shape index (κ1) is 12.5. The van der Waals surface area contributed by atoms with Crippen molar-refractivity contribution in [3.8, 4) is 0 Å². The lowest BCUT2D eigenvalue weighted by Crippen LogP contribution is -1.83. The predicted molar refractivity (Wildman–Crippen MR) is 84.5 cm³/mol. The van der Waals surface area contributed by atoms with Gasteiger partial charge in [-0.3, -0.25) is 0 Å². The van der Waals surface area contributed by atoms with Crippen LogP contribution in [-0.4, -0.2) is 0 Å². The maximum Gasteiger partial charge on any atom is 0.135 e. The predicted octanol–water partition coefficient (Wildman–Crippen LogP) is 4.55. The van der Waals surface area contributed by atoms with Crippen molar-refractivity contribution in [3.05, 3.63) is 72.0 Å². The Morgan fingerprint density at radius 2 is 1.90 bits per heavy atom. The maximum atomic E-state index is 5.83. The maximum absolute atomic E-state index is 5.83. The molecule has 1 aromatic heterocycles. The highest BCUT2D eigenvalue weighted by molar-refractivity contribution is 6.04. The summed E-state index contributed by atoms with van der Waals surface area (Å²) in [5.41, 5.74) is 9.71. The zero-order chi connectivity index (χ0) is 13.9. The van der Waals surface area contributed by atoms with Gasteiger partial charge in [-0.25, -0.2) is 0 Å². The molecule has 100 valence electrons. The Morgan fingerprint density at radius 1 is 1.10 bits per heavy atom. The summed E-state index contributed by atoms with van der Waals surface area (Å²) in [4.78, 5) is 0. The first-order chi connectivity index (χ1) is 9.78. The third-order valence-corrected chi connectivity index (χ3v) is 3.46. The molecule has 0 fully saturated rings. The Balaban J connectivity index is 2.01. The Bertz CT molecular complexity index is 809. The SMILES string of the molecule is CC(/C=C\N)=C/Cc1ccc2oc3ccccc3c2c1. The van der Waals surface area contributed by atoms with Gasteiger partial charge in [0.2, 0.25) is 0 Å². The largest absolute Gasteiger partial charge is 0.456 e. The van der Waals surface area contributed by atoms with Gasteiger partial charge in [-0.15, -0.1) is 0 Å². The number of para-hydroxylation sites is 1. The van der Waals surface area contributed by atoms with Gasteiger partial charge >= 0.3 is 0 Å². The molecule has 20 heavy (non-hydrogen) atoms. The average molecular weight is 263 g/mol. The van der Waals surface area contributed by atoms with Gasteiger partial charge in [-0.05, 0) is 49.4 Å². The number of rotatable bonds is 3. The van der Waals surface area contributed by atoms with Gasteiger partial charge in [0.25, 0.3) is 0 Å². The zero-order valence-corrected chi connectivity index (χ0v) is 11.5. The molecule has 3 aromatic rings. The second-order valence-electron chi connectivity index (χ2n) is 4.94. The molecule has 2 N–H and O–H groups in total. The molecule has 0 amide bonds. The van der Waals surface area contributed by atoms with Gasteiger partial charge in [0, 0.05) is 10.8 Å². The first-order valence-electron chi connectivity index (χ1n) is 6.73. The minimum absolute atomic E-state index is 0.894. The van der Waals surface area contributed by atoms with E-state index in [9.17, 15) is 0 Å². The van der Waals surface area contributed by atoms with Crippen LogP contribution >= 0.6 is 0 Å². The highest BCUT2D eigenvalue weighted by atomic mass is 16.3. The van der Waals surface area contributed by atoms with Crippen molar-refractivity contribution in [3.63, 3.8) is 0 Å². The van der Waals surface area contributed by atoms with E-state index in [0.717, 1.165) is 17.6 Å². The van der Waals surface area contributed by atoms with Crippen LogP contribution in [-0.2, 0) is 6.42 Å². The highest BCUT2D eigenvalue weighted by Gasteiger charge is 2.06. The van der Waals surface area contributed by atoms with Crippen LogP contribution in [0.1, 0.15) is 12.5 Å². The molecule has 2 aromatic carbocycles.